The molecule has 0 bridgehead atoms. The van der Waals surface area contributed by atoms with E-state index in [4.69, 9.17) is 5.84 Å². The van der Waals surface area contributed by atoms with Gasteiger partial charge in [-0.25, -0.2) is 10.8 Å². The quantitative estimate of drug-likeness (QED) is 0.553. The number of hydrogen-bond acceptors (Lipinski definition) is 4. The van der Waals surface area contributed by atoms with E-state index in [1.54, 1.807) is 0 Å². The van der Waals surface area contributed by atoms with Gasteiger partial charge in [0.2, 0.25) is 0 Å². The van der Waals surface area contributed by atoms with Crippen LogP contribution >= 0.6 is 0 Å². The first kappa shape index (κ1) is 12.2. The summed E-state index contributed by atoms with van der Waals surface area (Å²) in [6, 6.07) is 6.40. The standard InChI is InChI=1S/C13H22N4/c1-2-10-6-3-4-7-11(10)15-12-8-5-9-13(16-12)17-14/h5,8-11H,2-4,6-7,14H2,1H3,(H2,15,16,17). The SMILES string of the molecule is CCC1CCCCC1Nc1cccc(NN)n1. The van der Waals surface area contributed by atoms with Crippen molar-refractivity contribution in [2.24, 2.45) is 11.8 Å². The number of pyridine rings is 1. The predicted octanol–water partition coefficient (Wildman–Crippen LogP) is 2.75. The molecule has 4 heteroatoms. The number of nitrogens with zero attached hydrogens (tertiary/aromatic N) is 1. The van der Waals surface area contributed by atoms with Crippen LogP contribution in [0.1, 0.15) is 39.0 Å². The van der Waals surface area contributed by atoms with Gasteiger partial charge >= 0.3 is 0 Å². The molecular weight excluding hydrogens is 212 g/mol. The fourth-order valence-electron chi connectivity index (χ4n) is 2.67. The monoisotopic (exact) mass is 234 g/mol. The molecule has 1 heterocycles. The van der Waals surface area contributed by atoms with E-state index in [1.165, 1.54) is 32.1 Å². The van der Waals surface area contributed by atoms with Crippen LogP contribution in [0.2, 0.25) is 0 Å². The maximum Gasteiger partial charge on any atom is 0.142 e. The van der Waals surface area contributed by atoms with Gasteiger partial charge in [0, 0.05) is 6.04 Å². The Morgan fingerprint density at radius 2 is 2.06 bits per heavy atom. The lowest BCUT2D eigenvalue weighted by Crippen LogP contribution is -2.32. The first-order chi connectivity index (χ1) is 8.33. The molecule has 1 saturated carbocycles. The Balaban J connectivity index is 2.02. The second-order valence-corrected chi connectivity index (χ2v) is 4.76. The third kappa shape index (κ3) is 3.09. The van der Waals surface area contributed by atoms with Gasteiger partial charge in [0.25, 0.3) is 0 Å². The van der Waals surface area contributed by atoms with Crippen molar-refractivity contribution in [3.63, 3.8) is 0 Å². The molecule has 1 aliphatic rings. The average molecular weight is 234 g/mol. The van der Waals surface area contributed by atoms with E-state index in [0.29, 0.717) is 11.9 Å². The number of nitrogens with one attached hydrogen (secondary N) is 2. The lowest BCUT2D eigenvalue weighted by molar-refractivity contribution is 0.317. The topological polar surface area (TPSA) is 63.0 Å². The second-order valence-electron chi connectivity index (χ2n) is 4.76. The molecule has 1 aromatic heterocycles. The van der Waals surface area contributed by atoms with Crippen molar-refractivity contribution in [2.45, 2.75) is 45.1 Å². The van der Waals surface area contributed by atoms with E-state index in [9.17, 15) is 0 Å². The van der Waals surface area contributed by atoms with Crippen LogP contribution in [0.4, 0.5) is 11.6 Å². The van der Waals surface area contributed by atoms with E-state index < -0.39 is 0 Å². The maximum atomic E-state index is 5.37. The summed E-state index contributed by atoms with van der Waals surface area (Å²) >= 11 is 0. The molecule has 0 saturated heterocycles. The molecule has 4 nitrogen and oxygen atoms in total. The van der Waals surface area contributed by atoms with Crippen molar-refractivity contribution in [2.75, 3.05) is 10.7 Å². The van der Waals surface area contributed by atoms with Gasteiger partial charge in [-0.2, -0.15) is 0 Å². The minimum Gasteiger partial charge on any atom is -0.367 e. The van der Waals surface area contributed by atoms with E-state index in [2.05, 4.69) is 22.7 Å². The summed E-state index contributed by atoms with van der Waals surface area (Å²) in [5.41, 5.74) is 2.58. The highest BCUT2D eigenvalue weighted by molar-refractivity contribution is 5.45. The first-order valence-electron chi connectivity index (χ1n) is 6.53. The normalized spacial score (nSPS) is 24.4. The Kier molecular flexibility index (Phi) is 4.20. The van der Waals surface area contributed by atoms with Crippen LogP contribution < -0.4 is 16.6 Å². The van der Waals surface area contributed by atoms with Gasteiger partial charge in [0.1, 0.15) is 11.6 Å². The van der Waals surface area contributed by atoms with Gasteiger partial charge < -0.3 is 10.7 Å². The molecule has 1 aromatic rings. The molecule has 0 aliphatic heterocycles. The van der Waals surface area contributed by atoms with E-state index >= 15 is 0 Å². The molecule has 4 N–H and O–H groups in total. The fourth-order valence-corrected chi connectivity index (χ4v) is 2.67. The van der Waals surface area contributed by atoms with Crippen molar-refractivity contribution in [1.29, 1.82) is 0 Å². The summed E-state index contributed by atoms with van der Waals surface area (Å²) < 4.78 is 0. The molecule has 0 radical (unpaired) electrons. The highest BCUT2D eigenvalue weighted by atomic mass is 15.3. The smallest absolute Gasteiger partial charge is 0.142 e. The van der Waals surface area contributed by atoms with Crippen molar-refractivity contribution in [1.82, 2.24) is 4.98 Å². The van der Waals surface area contributed by atoms with Crippen molar-refractivity contribution in [3.8, 4) is 0 Å². The van der Waals surface area contributed by atoms with Gasteiger partial charge in [0.15, 0.2) is 0 Å². The van der Waals surface area contributed by atoms with Gasteiger partial charge in [-0.05, 0) is 30.9 Å². The van der Waals surface area contributed by atoms with Crippen LogP contribution in [-0.2, 0) is 0 Å². The summed E-state index contributed by atoms with van der Waals surface area (Å²) in [6.07, 6.45) is 6.52. The van der Waals surface area contributed by atoms with Crippen LogP contribution in [0.3, 0.4) is 0 Å². The summed E-state index contributed by atoms with van der Waals surface area (Å²) in [6.45, 7) is 2.27. The summed E-state index contributed by atoms with van der Waals surface area (Å²) in [5.74, 6) is 7.77. The molecule has 2 rings (SSSR count). The Morgan fingerprint density at radius 3 is 2.82 bits per heavy atom. The summed E-state index contributed by atoms with van der Waals surface area (Å²) in [5, 5.41) is 3.55. The minimum atomic E-state index is 0.564. The Morgan fingerprint density at radius 1 is 1.29 bits per heavy atom. The second kappa shape index (κ2) is 5.87. The Hall–Kier alpha value is -1.29. The Bertz CT molecular complexity index is 353. The lowest BCUT2D eigenvalue weighted by atomic mass is 9.83. The fraction of sp³-hybridized carbons (Fsp3) is 0.615. The molecule has 17 heavy (non-hydrogen) atoms. The van der Waals surface area contributed by atoms with Crippen LogP contribution in [0, 0.1) is 5.92 Å². The molecule has 0 aromatic carbocycles. The van der Waals surface area contributed by atoms with Crippen LogP contribution in [0.15, 0.2) is 18.2 Å². The number of hydrogen-bond donors (Lipinski definition) is 3. The number of anilines is 2. The zero-order valence-electron chi connectivity index (χ0n) is 10.4. The number of nitrogens with two attached hydrogens (primary N) is 1. The van der Waals surface area contributed by atoms with Crippen molar-refractivity contribution in [3.05, 3.63) is 18.2 Å². The van der Waals surface area contributed by atoms with Crippen LogP contribution in [0.25, 0.3) is 0 Å². The molecule has 0 spiro atoms. The largest absolute Gasteiger partial charge is 0.367 e. The molecule has 1 aliphatic carbocycles. The van der Waals surface area contributed by atoms with Crippen molar-refractivity contribution < 1.29 is 0 Å². The van der Waals surface area contributed by atoms with Gasteiger partial charge in [-0.3, -0.25) is 0 Å². The van der Waals surface area contributed by atoms with Crippen LogP contribution in [0.5, 0.6) is 0 Å². The molecule has 2 atom stereocenters. The minimum absolute atomic E-state index is 0.564. The molecule has 2 unspecified atom stereocenters. The maximum absolute atomic E-state index is 5.37. The Labute approximate surface area is 103 Å². The number of rotatable bonds is 4. The van der Waals surface area contributed by atoms with Crippen molar-refractivity contribution >= 4 is 11.6 Å². The number of hydrazine groups is 1. The number of nitrogen functional groups attached to an aromatic ring is 1. The summed E-state index contributed by atoms with van der Waals surface area (Å²) in [4.78, 5) is 4.41. The van der Waals surface area contributed by atoms with E-state index in [0.717, 1.165) is 11.7 Å². The van der Waals surface area contributed by atoms with E-state index in [-0.39, 0.29) is 0 Å². The van der Waals surface area contributed by atoms with Gasteiger partial charge in [-0.15, -0.1) is 0 Å². The highest BCUT2D eigenvalue weighted by Gasteiger charge is 2.23. The predicted molar refractivity (Wildman–Crippen MR) is 71.7 cm³/mol. The third-order valence-electron chi connectivity index (χ3n) is 3.66. The zero-order chi connectivity index (χ0) is 12.1. The lowest BCUT2D eigenvalue weighted by Gasteiger charge is -2.31. The average Bonchev–Trinajstić information content (AvgIpc) is 2.39. The van der Waals surface area contributed by atoms with Crippen LogP contribution in [-0.4, -0.2) is 11.0 Å². The van der Waals surface area contributed by atoms with Gasteiger partial charge in [-0.1, -0.05) is 32.3 Å². The zero-order valence-corrected chi connectivity index (χ0v) is 10.4. The molecule has 94 valence electrons. The molecular formula is C13H22N4. The summed E-state index contributed by atoms with van der Waals surface area (Å²) in [7, 11) is 0. The first-order valence-corrected chi connectivity index (χ1v) is 6.53. The van der Waals surface area contributed by atoms with Gasteiger partial charge in [0.05, 0.1) is 0 Å². The molecule has 1 fully saturated rings. The third-order valence-corrected chi connectivity index (χ3v) is 3.66. The highest BCUT2D eigenvalue weighted by Crippen LogP contribution is 2.29. The molecule has 0 amide bonds. The number of aromatic nitrogens is 1. The van der Waals surface area contributed by atoms with E-state index in [1.807, 2.05) is 18.2 Å².